The zero-order chi connectivity index (χ0) is 46.4. The Morgan fingerprint density at radius 1 is 0.970 bits per heavy atom. The van der Waals surface area contributed by atoms with Gasteiger partial charge in [0.2, 0.25) is 27.4 Å². The van der Waals surface area contributed by atoms with Crippen LogP contribution < -0.4 is 24.8 Å². The van der Waals surface area contributed by atoms with Crippen LogP contribution in [0.15, 0.2) is 58.5 Å². The Bertz CT molecular complexity index is 2680. The van der Waals surface area contributed by atoms with Gasteiger partial charge in [0.1, 0.15) is 52.5 Å². The van der Waals surface area contributed by atoms with Crippen molar-refractivity contribution in [1.82, 2.24) is 30.2 Å². The molecule has 4 atom stereocenters. The first-order chi connectivity index (χ1) is 31.6. The molecule has 66 heavy (non-hydrogen) atoms. The smallest absolute Gasteiger partial charge is 0.408 e. The molecule has 3 saturated carbocycles. The first-order valence-corrected chi connectivity index (χ1v) is 24.7. The number of nitrogens with zero attached hydrogens (tertiary/aromatic N) is 3. The zero-order valence-corrected chi connectivity index (χ0v) is 38.3. The number of ether oxygens (including phenoxy) is 3. The second kappa shape index (κ2) is 18.1. The molecule has 18 heteroatoms. The van der Waals surface area contributed by atoms with Crippen LogP contribution in [-0.2, 0) is 29.1 Å². The highest BCUT2D eigenvalue weighted by atomic mass is 32.2. The molecule has 3 aliphatic carbocycles. The third-order valence-corrected chi connectivity index (χ3v) is 15.8. The van der Waals surface area contributed by atoms with Crippen molar-refractivity contribution in [2.75, 3.05) is 6.54 Å². The minimum Gasteiger partial charge on any atom is -0.491 e. The first-order valence-electron chi connectivity index (χ1n) is 23.3. The van der Waals surface area contributed by atoms with Gasteiger partial charge in [0, 0.05) is 23.8 Å². The van der Waals surface area contributed by atoms with Crippen molar-refractivity contribution >= 4 is 55.9 Å². The van der Waals surface area contributed by atoms with E-state index in [4.69, 9.17) is 28.6 Å². The van der Waals surface area contributed by atoms with Gasteiger partial charge in [0.25, 0.3) is 11.8 Å². The SMILES string of the molecule is CC(C)Oc1ccc(-c2nc(O[C@@H]3C[C@H]4C(=O)N[C@]5(C(=O)NS(=O)(=O)C6(C)CC6)CC/C(=C/CCCCC[C@H](NC(=O)OC6CCCC6)C(=O)N4C3)C5)c3oc4ccc(F)cc4c3n2)cc1. The molecule has 4 aromatic rings. The van der Waals surface area contributed by atoms with E-state index in [1.165, 1.54) is 23.1 Å². The first kappa shape index (κ1) is 45.4. The quantitative estimate of drug-likeness (QED) is 0.134. The van der Waals surface area contributed by atoms with Crippen LogP contribution in [-0.4, -0.2) is 94.3 Å². The van der Waals surface area contributed by atoms with Gasteiger partial charge in [-0.3, -0.25) is 19.1 Å². The van der Waals surface area contributed by atoms with Gasteiger partial charge in [0.05, 0.1) is 17.4 Å². The van der Waals surface area contributed by atoms with E-state index in [0.717, 1.165) is 44.1 Å². The van der Waals surface area contributed by atoms with Crippen LogP contribution in [0, 0.1) is 5.82 Å². The molecular weight excluding hydrogens is 872 g/mol. The fraction of sp³-hybridized carbons (Fsp3) is 0.542. The van der Waals surface area contributed by atoms with Crippen molar-refractivity contribution in [2.45, 2.75) is 158 Å². The molecule has 2 aromatic carbocycles. The van der Waals surface area contributed by atoms with E-state index in [2.05, 4.69) is 21.4 Å². The Morgan fingerprint density at radius 2 is 1.73 bits per heavy atom. The van der Waals surface area contributed by atoms with Crippen LogP contribution in [0.2, 0.25) is 0 Å². The Balaban J connectivity index is 1.07. The molecule has 0 radical (unpaired) electrons. The lowest BCUT2D eigenvalue weighted by molar-refractivity contribution is -0.142. The number of nitrogens with one attached hydrogen (secondary N) is 3. The topological polar surface area (TPSA) is 208 Å². The molecule has 0 unspecified atom stereocenters. The lowest BCUT2D eigenvalue weighted by atomic mass is 9.95. The molecule has 0 spiro atoms. The number of fused-ring (bicyclic) bond motifs is 6. The molecule has 352 valence electrons. The number of carbonyl (C=O) groups is 4. The molecule has 1 saturated heterocycles. The Hall–Kier alpha value is -5.78. The summed E-state index contributed by atoms with van der Waals surface area (Å²) in [4.78, 5) is 68.4. The number of amides is 4. The third-order valence-electron chi connectivity index (χ3n) is 13.7. The predicted octanol–water partition coefficient (Wildman–Crippen LogP) is 7.28. The van der Waals surface area contributed by atoms with Crippen molar-refractivity contribution in [1.29, 1.82) is 0 Å². The summed E-state index contributed by atoms with van der Waals surface area (Å²) in [7, 11) is -4.06. The summed E-state index contributed by atoms with van der Waals surface area (Å²) in [6.07, 6.45) is 8.05. The van der Waals surface area contributed by atoms with Crippen molar-refractivity contribution in [3.63, 3.8) is 0 Å². The van der Waals surface area contributed by atoms with Gasteiger partial charge in [0.15, 0.2) is 5.82 Å². The van der Waals surface area contributed by atoms with Crippen molar-refractivity contribution in [3.8, 4) is 23.0 Å². The molecule has 9 rings (SSSR count). The van der Waals surface area contributed by atoms with Gasteiger partial charge in [-0.15, -0.1) is 0 Å². The lowest BCUT2D eigenvalue weighted by Gasteiger charge is -2.33. The number of aromatic nitrogens is 2. The Kier molecular flexibility index (Phi) is 12.5. The van der Waals surface area contributed by atoms with E-state index in [0.29, 0.717) is 54.4 Å². The number of halogens is 1. The van der Waals surface area contributed by atoms with E-state index in [9.17, 15) is 32.0 Å². The number of hydrogen-bond acceptors (Lipinski definition) is 12. The maximum atomic E-state index is 14.9. The molecular formula is C48H57FN6O10S. The molecule has 4 amide bonds. The zero-order valence-electron chi connectivity index (χ0n) is 37.5. The van der Waals surface area contributed by atoms with Gasteiger partial charge < -0.3 is 34.2 Å². The molecule has 4 heterocycles. The highest BCUT2D eigenvalue weighted by Crippen LogP contribution is 2.44. The van der Waals surface area contributed by atoms with Crippen molar-refractivity contribution in [2.24, 2.45) is 0 Å². The molecule has 4 fully saturated rings. The minimum absolute atomic E-state index is 0.00951. The number of allylic oxidation sites excluding steroid dienone is 1. The summed E-state index contributed by atoms with van der Waals surface area (Å²) in [5.74, 6) is -1.68. The summed E-state index contributed by atoms with van der Waals surface area (Å²) in [6, 6.07) is 8.94. The second-order valence-electron chi connectivity index (χ2n) is 19.1. The number of hydrogen-bond donors (Lipinski definition) is 3. The van der Waals surface area contributed by atoms with Gasteiger partial charge in [-0.2, -0.15) is 4.98 Å². The van der Waals surface area contributed by atoms with E-state index < -0.39 is 68.1 Å². The molecule has 3 N–H and O–H groups in total. The van der Waals surface area contributed by atoms with E-state index in [-0.39, 0.29) is 67.2 Å². The molecule has 16 nitrogen and oxygen atoms in total. The summed E-state index contributed by atoms with van der Waals surface area (Å²) in [5, 5.41) is 6.16. The summed E-state index contributed by atoms with van der Waals surface area (Å²) >= 11 is 0. The van der Waals surface area contributed by atoms with Crippen LogP contribution >= 0.6 is 0 Å². The highest BCUT2D eigenvalue weighted by Gasteiger charge is 2.55. The van der Waals surface area contributed by atoms with E-state index >= 15 is 0 Å². The Labute approximate surface area is 382 Å². The fourth-order valence-electron chi connectivity index (χ4n) is 9.63. The van der Waals surface area contributed by atoms with E-state index in [1.807, 2.05) is 13.8 Å². The lowest BCUT2D eigenvalue weighted by Crippen LogP contribution is -2.62. The van der Waals surface area contributed by atoms with Crippen LogP contribution in [0.25, 0.3) is 33.5 Å². The van der Waals surface area contributed by atoms with Crippen molar-refractivity contribution in [3.05, 3.63) is 59.9 Å². The van der Waals surface area contributed by atoms with Gasteiger partial charge >= 0.3 is 6.09 Å². The number of rotatable bonds is 10. The number of carbonyl (C=O) groups excluding carboxylic acids is 4. The van der Waals surface area contributed by atoms with Crippen LogP contribution in [0.4, 0.5) is 9.18 Å². The fourth-order valence-corrected chi connectivity index (χ4v) is 11.0. The standard InChI is InChI=1S/C48H57FN6O10S/c1-28(2)62-33-17-14-30(15-18-33)41-51-39-35-24-31(49)16-19-38(35)65-40(39)43(52-41)63-34-25-37-42(56)53-48(45(58)54-66(60,61)47(3)22-23-47)21-20-29(26-48)10-6-4-5-7-13-36(44(57)55(37)27-34)50-46(59)64-32-11-8-9-12-32/h10,14-19,24,28,32,34,36-37H,4-9,11-13,20-23,25-27H2,1-3H3,(H,50,59)(H,53,56)(H,54,58)/b29-10-/t34-,36+,37+,48-/m1/s1. The number of benzene rings is 2. The van der Waals surface area contributed by atoms with Crippen LogP contribution in [0.5, 0.6) is 11.6 Å². The Morgan fingerprint density at radius 3 is 2.47 bits per heavy atom. The maximum absolute atomic E-state index is 14.9. The molecule has 2 aromatic heterocycles. The van der Waals surface area contributed by atoms with Crippen LogP contribution in [0.3, 0.4) is 0 Å². The number of furan rings is 1. The highest BCUT2D eigenvalue weighted by molar-refractivity contribution is 7.91. The summed E-state index contributed by atoms with van der Waals surface area (Å²) < 4.78 is 67.2. The number of alkyl carbamates (subject to hydrolysis) is 1. The molecule has 2 aliphatic heterocycles. The summed E-state index contributed by atoms with van der Waals surface area (Å²) in [6.45, 7) is 5.29. The van der Waals surface area contributed by atoms with Gasteiger partial charge in [-0.1, -0.05) is 24.5 Å². The van der Waals surface area contributed by atoms with Crippen molar-refractivity contribution < 1.29 is 50.6 Å². The summed E-state index contributed by atoms with van der Waals surface area (Å²) in [5.41, 5.74) is 0.655. The largest absolute Gasteiger partial charge is 0.491 e. The second-order valence-corrected chi connectivity index (χ2v) is 21.3. The normalized spacial score (nSPS) is 25.7. The number of sulfonamides is 1. The van der Waals surface area contributed by atoms with E-state index in [1.54, 1.807) is 31.2 Å². The average Bonchev–Trinajstić information content (AvgIpc) is 3.72. The monoisotopic (exact) mass is 928 g/mol. The maximum Gasteiger partial charge on any atom is 0.408 e. The predicted molar refractivity (Wildman–Crippen MR) is 241 cm³/mol. The minimum atomic E-state index is -4.06. The van der Waals surface area contributed by atoms with Gasteiger partial charge in [-0.05, 0) is 134 Å². The molecule has 5 aliphatic rings. The van der Waals surface area contributed by atoms with Gasteiger partial charge in [-0.25, -0.2) is 22.6 Å². The average molecular weight is 929 g/mol. The molecule has 2 bridgehead atoms. The van der Waals surface area contributed by atoms with Crippen LogP contribution in [0.1, 0.15) is 117 Å². The third kappa shape index (κ3) is 9.42.